The van der Waals surface area contributed by atoms with Crippen LogP contribution in [0.5, 0.6) is 0 Å². The SMILES string of the molecule is C1=C(c2ccc(-n3c4ccccc4c4ccc5c6ccccc6n(-c6nc(-c7ccccc7)nc(-c7cccc8c7sc7ccccc78)n6)c5c43)cc2)C=C(c2ccccc2)CC1. The third-order valence-electron chi connectivity index (χ3n) is 12.7. The maximum atomic E-state index is 5.47. The molecule has 0 aliphatic heterocycles. The predicted octanol–water partition coefficient (Wildman–Crippen LogP) is 15.0. The van der Waals surface area contributed by atoms with E-state index in [0.29, 0.717) is 17.6 Å². The summed E-state index contributed by atoms with van der Waals surface area (Å²) in [6.07, 6.45) is 6.81. The van der Waals surface area contributed by atoms with Crippen molar-refractivity contribution in [2.24, 2.45) is 0 Å². The van der Waals surface area contributed by atoms with Gasteiger partial charge in [-0.05, 0) is 71.5 Å². The second-order valence-electron chi connectivity index (χ2n) is 16.3. The second kappa shape index (κ2) is 14.3. The number of aromatic nitrogens is 5. The first kappa shape index (κ1) is 35.8. The summed E-state index contributed by atoms with van der Waals surface area (Å²) < 4.78 is 7.12. The molecule has 6 heteroatoms. The van der Waals surface area contributed by atoms with Gasteiger partial charge in [-0.25, -0.2) is 4.98 Å². The van der Waals surface area contributed by atoms with Gasteiger partial charge in [-0.3, -0.25) is 4.57 Å². The molecular formula is C57H37N5S. The van der Waals surface area contributed by atoms with E-state index in [4.69, 9.17) is 15.0 Å². The van der Waals surface area contributed by atoms with Crippen LogP contribution in [0.2, 0.25) is 0 Å². The number of hydrogen-bond donors (Lipinski definition) is 0. The summed E-state index contributed by atoms with van der Waals surface area (Å²) in [5, 5.41) is 7.09. The maximum Gasteiger partial charge on any atom is 0.238 e. The minimum absolute atomic E-state index is 0.577. The highest BCUT2D eigenvalue weighted by molar-refractivity contribution is 7.26. The van der Waals surface area contributed by atoms with Crippen molar-refractivity contribution in [1.82, 2.24) is 24.1 Å². The van der Waals surface area contributed by atoms with Gasteiger partial charge in [-0.2, -0.15) is 9.97 Å². The van der Waals surface area contributed by atoms with Gasteiger partial charge in [0.1, 0.15) is 0 Å². The third kappa shape index (κ3) is 5.72. The second-order valence-corrected chi connectivity index (χ2v) is 17.3. The fourth-order valence-electron chi connectivity index (χ4n) is 9.79. The van der Waals surface area contributed by atoms with E-state index < -0.39 is 0 Å². The van der Waals surface area contributed by atoms with Crippen molar-refractivity contribution in [3.05, 3.63) is 211 Å². The van der Waals surface area contributed by atoms with Crippen LogP contribution in [0.4, 0.5) is 0 Å². The first-order valence-corrected chi connectivity index (χ1v) is 22.3. The van der Waals surface area contributed by atoms with Crippen molar-refractivity contribution in [2.75, 3.05) is 0 Å². The van der Waals surface area contributed by atoms with E-state index in [2.05, 4.69) is 191 Å². The summed E-state index contributed by atoms with van der Waals surface area (Å²) in [4.78, 5) is 16.1. The van der Waals surface area contributed by atoms with E-state index >= 15 is 0 Å². The summed E-state index contributed by atoms with van der Waals surface area (Å²) in [6, 6.07) is 67.2. The summed E-state index contributed by atoms with van der Waals surface area (Å²) >= 11 is 1.79. The number of rotatable bonds is 6. The molecule has 0 saturated carbocycles. The molecule has 4 heterocycles. The zero-order chi connectivity index (χ0) is 41.4. The molecule has 0 fully saturated rings. The summed E-state index contributed by atoms with van der Waals surface area (Å²) in [5.41, 5.74) is 12.5. The Kier molecular flexibility index (Phi) is 8.14. The molecule has 0 saturated heterocycles. The lowest BCUT2D eigenvalue weighted by Gasteiger charge is -2.16. The summed E-state index contributed by atoms with van der Waals surface area (Å²) in [5.74, 6) is 1.85. The third-order valence-corrected chi connectivity index (χ3v) is 13.9. The van der Waals surface area contributed by atoms with Gasteiger partial charge in [0.2, 0.25) is 5.95 Å². The molecule has 0 atom stereocenters. The molecule has 5 nitrogen and oxygen atoms in total. The summed E-state index contributed by atoms with van der Waals surface area (Å²) in [6.45, 7) is 0. The van der Waals surface area contributed by atoms with E-state index in [1.54, 1.807) is 11.3 Å². The molecular weight excluding hydrogens is 787 g/mol. The molecule has 4 aromatic heterocycles. The van der Waals surface area contributed by atoms with E-state index in [9.17, 15) is 0 Å². The minimum atomic E-state index is 0.577. The van der Waals surface area contributed by atoms with Crippen molar-refractivity contribution < 1.29 is 0 Å². The molecule has 8 aromatic carbocycles. The molecule has 296 valence electrons. The number of thiophene rings is 1. The van der Waals surface area contributed by atoms with Crippen LogP contribution in [-0.2, 0) is 0 Å². The Bertz CT molecular complexity index is 3830. The zero-order valence-corrected chi connectivity index (χ0v) is 34.9. The molecule has 1 aliphatic rings. The van der Waals surface area contributed by atoms with Crippen LogP contribution in [0.25, 0.3) is 109 Å². The van der Waals surface area contributed by atoms with Gasteiger partial charge in [-0.1, -0.05) is 164 Å². The Morgan fingerprint density at radius 1 is 0.429 bits per heavy atom. The molecule has 0 spiro atoms. The normalized spacial score (nSPS) is 13.1. The van der Waals surface area contributed by atoms with Gasteiger partial charge < -0.3 is 4.57 Å². The van der Waals surface area contributed by atoms with Crippen LogP contribution >= 0.6 is 11.3 Å². The average molecular weight is 824 g/mol. The molecule has 0 radical (unpaired) electrons. The number of benzene rings is 8. The smallest absolute Gasteiger partial charge is 0.238 e. The van der Waals surface area contributed by atoms with Crippen LogP contribution in [0.1, 0.15) is 24.0 Å². The van der Waals surface area contributed by atoms with E-state index in [0.717, 1.165) is 62.5 Å². The molecule has 0 unspecified atom stereocenters. The minimum Gasteiger partial charge on any atom is -0.307 e. The Morgan fingerprint density at radius 3 is 1.78 bits per heavy atom. The number of fused-ring (bicyclic) bond motifs is 10. The van der Waals surface area contributed by atoms with Crippen LogP contribution in [-0.4, -0.2) is 24.1 Å². The Morgan fingerprint density at radius 2 is 1.03 bits per heavy atom. The first-order chi connectivity index (χ1) is 31.2. The number of hydrogen-bond acceptors (Lipinski definition) is 4. The lowest BCUT2D eigenvalue weighted by molar-refractivity contribution is 0.954. The van der Waals surface area contributed by atoms with Crippen molar-refractivity contribution in [3.8, 4) is 34.4 Å². The number of nitrogens with zero attached hydrogens (tertiary/aromatic N) is 5. The van der Waals surface area contributed by atoms with Crippen LogP contribution in [0.15, 0.2) is 200 Å². The van der Waals surface area contributed by atoms with Gasteiger partial charge in [0, 0.05) is 58.5 Å². The number of allylic oxidation sites excluding steroid dienone is 4. The quantitative estimate of drug-likeness (QED) is 0.168. The van der Waals surface area contributed by atoms with Gasteiger partial charge in [0.05, 0.1) is 22.1 Å². The Labute approximate surface area is 367 Å². The zero-order valence-electron chi connectivity index (χ0n) is 34.1. The van der Waals surface area contributed by atoms with Gasteiger partial charge in [0.15, 0.2) is 11.6 Å². The van der Waals surface area contributed by atoms with Gasteiger partial charge in [0.25, 0.3) is 0 Å². The van der Waals surface area contributed by atoms with Crippen molar-refractivity contribution in [2.45, 2.75) is 12.8 Å². The monoisotopic (exact) mass is 823 g/mol. The van der Waals surface area contributed by atoms with Crippen molar-refractivity contribution >= 4 is 86.3 Å². The molecule has 13 rings (SSSR count). The fourth-order valence-corrected chi connectivity index (χ4v) is 11.0. The molecule has 63 heavy (non-hydrogen) atoms. The van der Waals surface area contributed by atoms with Crippen LogP contribution in [0, 0.1) is 0 Å². The van der Waals surface area contributed by atoms with Crippen LogP contribution < -0.4 is 0 Å². The summed E-state index contributed by atoms with van der Waals surface area (Å²) in [7, 11) is 0. The van der Waals surface area contributed by atoms with Gasteiger partial charge in [-0.15, -0.1) is 11.3 Å². The highest BCUT2D eigenvalue weighted by Crippen LogP contribution is 2.43. The average Bonchev–Trinajstić information content (AvgIpc) is 4.03. The molecule has 0 N–H and O–H groups in total. The lowest BCUT2D eigenvalue weighted by Crippen LogP contribution is -2.07. The molecule has 12 aromatic rings. The first-order valence-electron chi connectivity index (χ1n) is 21.5. The Balaban J connectivity index is 1.07. The Hall–Kier alpha value is -7.93. The van der Waals surface area contributed by atoms with E-state index in [-0.39, 0.29) is 0 Å². The number of para-hydroxylation sites is 2. The lowest BCUT2D eigenvalue weighted by atomic mass is 9.91. The molecule has 1 aliphatic carbocycles. The van der Waals surface area contributed by atoms with Crippen molar-refractivity contribution in [3.63, 3.8) is 0 Å². The van der Waals surface area contributed by atoms with Gasteiger partial charge >= 0.3 is 0 Å². The molecule has 0 amide bonds. The van der Waals surface area contributed by atoms with Crippen molar-refractivity contribution in [1.29, 1.82) is 0 Å². The maximum absolute atomic E-state index is 5.47. The van der Waals surface area contributed by atoms with Crippen LogP contribution in [0.3, 0.4) is 0 Å². The van der Waals surface area contributed by atoms with E-state index in [1.165, 1.54) is 53.2 Å². The van der Waals surface area contributed by atoms with E-state index in [1.807, 2.05) is 18.2 Å². The highest BCUT2D eigenvalue weighted by atomic mass is 32.1. The molecule has 0 bridgehead atoms. The largest absolute Gasteiger partial charge is 0.307 e. The standard InChI is InChI=1S/C57H37N5S/c1-3-15-36(16-4-1)39-19-13-20-40(35-39)37-29-31-41(32-30-37)61-49-26-10-7-21-42(49)45-33-34-46-43-22-8-11-27-50(43)62(53(46)52(45)61)57-59-55(38-17-5-2-6-18-38)58-56(60-57)48-25-14-24-47-44-23-9-12-28-51(44)63-54(47)48/h1-12,14-18,20-35H,13,19H2. The topological polar surface area (TPSA) is 48.5 Å². The predicted molar refractivity (Wildman–Crippen MR) is 264 cm³/mol. The fraction of sp³-hybridized carbons (Fsp3) is 0.0351. The highest BCUT2D eigenvalue weighted by Gasteiger charge is 2.24.